The van der Waals surface area contributed by atoms with Crippen LogP contribution in [0.4, 0.5) is 0 Å². The van der Waals surface area contributed by atoms with Gasteiger partial charge in [-0.1, -0.05) is 31.2 Å². The summed E-state index contributed by atoms with van der Waals surface area (Å²) in [6, 6.07) is 7.77. The van der Waals surface area contributed by atoms with Gasteiger partial charge in [0.25, 0.3) is 0 Å². The lowest BCUT2D eigenvalue weighted by Gasteiger charge is -2.07. The second kappa shape index (κ2) is 4.33. The van der Waals surface area contributed by atoms with Crippen LogP contribution in [0.2, 0.25) is 0 Å². The molecule has 2 rings (SSSR count). The predicted octanol–water partition coefficient (Wildman–Crippen LogP) is 0.449. The molecule has 1 aliphatic rings. The van der Waals surface area contributed by atoms with E-state index in [1.807, 2.05) is 24.3 Å². The van der Waals surface area contributed by atoms with E-state index < -0.39 is 20.6 Å². The average molecular weight is 269 g/mol. The Balaban J connectivity index is 2.33. The summed E-state index contributed by atoms with van der Waals surface area (Å²) in [5.74, 6) is -0.302. The van der Waals surface area contributed by atoms with Crippen LogP contribution in [-0.4, -0.2) is 37.2 Å². The molecule has 0 heterocycles. The molecule has 3 atom stereocenters. The molecule has 0 spiro atoms. The average Bonchev–Trinajstić information content (AvgIpc) is 2.97. The molecule has 1 aliphatic carbocycles. The first-order valence-corrected chi connectivity index (χ1v) is 7.97. The van der Waals surface area contributed by atoms with Crippen molar-refractivity contribution >= 4 is 9.84 Å². The summed E-state index contributed by atoms with van der Waals surface area (Å²) in [7, 11) is -3.25. The fourth-order valence-electron chi connectivity index (χ4n) is 2.70. The third kappa shape index (κ3) is 2.06. The lowest BCUT2D eigenvalue weighted by atomic mass is 10.0. The Bertz CT molecular complexity index is 538. The van der Waals surface area contributed by atoms with E-state index in [9.17, 15) is 13.5 Å². The molecule has 0 radical (unpaired) electrons. The number of benzene rings is 1. The minimum Gasteiger partial charge on any atom is -0.394 e. The van der Waals surface area contributed by atoms with Crippen molar-refractivity contribution in [1.82, 2.24) is 0 Å². The Hall–Kier alpha value is -0.910. The van der Waals surface area contributed by atoms with Gasteiger partial charge in [-0.3, -0.25) is 0 Å². The molecule has 1 saturated carbocycles. The molecule has 0 unspecified atom stereocenters. The molecule has 18 heavy (non-hydrogen) atoms. The second-order valence-electron chi connectivity index (χ2n) is 5.09. The second-order valence-corrected chi connectivity index (χ2v) is 7.26. The zero-order valence-electron chi connectivity index (χ0n) is 10.6. The lowest BCUT2D eigenvalue weighted by Crippen LogP contribution is -2.34. The van der Waals surface area contributed by atoms with Crippen molar-refractivity contribution in [1.29, 1.82) is 0 Å². The third-order valence-electron chi connectivity index (χ3n) is 3.78. The Labute approximate surface area is 108 Å². The summed E-state index contributed by atoms with van der Waals surface area (Å²) in [6.07, 6.45) is 2.11. The molecular weight excluding hydrogens is 250 g/mol. The van der Waals surface area contributed by atoms with Crippen LogP contribution in [0.25, 0.3) is 0 Å². The van der Waals surface area contributed by atoms with E-state index >= 15 is 0 Å². The van der Waals surface area contributed by atoms with Crippen molar-refractivity contribution in [3.63, 3.8) is 0 Å². The molecular formula is C13H19NO3S. The Morgan fingerprint density at radius 2 is 1.89 bits per heavy atom. The maximum absolute atomic E-state index is 11.7. The van der Waals surface area contributed by atoms with Crippen LogP contribution in [0.3, 0.4) is 0 Å². The summed E-state index contributed by atoms with van der Waals surface area (Å²) < 4.78 is 23.4. The number of nitrogens with two attached hydrogens (primary N) is 1. The van der Waals surface area contributed by atoms with Crippen LogP contribution in [0.1, 0.15) is 24.0 Å². The van der Waals surface area contributed by atoms with Crippen LogP contribution in [0.15, 0.2) is 24.3 Å². The maximum Gasteiger partial charge on any atom is 0.152 e. The monoisotopic (exact) mass is 269 g/mol. The van der Waals surface area contributed by atoms with E-state index in [2.05, 4.69) is 6.92 Å². The Morgan fingerprint density at radius 1 is 1.33 bits per heavy atom. The highest BCUT2D eigenvalue weighted by molar-refractivity contribution is 7.91. The molecule has 100 valence electrons. The van der Waals surface area contributed by atoms with Crippen molar-refractivity contribution in [2.75, 3.05) is 12.9 Å². The maximum atomic E-state index is 11.7. The van der Waals surface area contributed by atoms with Gasteiger partial charge in [0, 0.05) is 12.2 Å². The topological polar surface area (TPSA) is 80.4 Å². The zero-order valence-corrected chi connectivity index (χ0v) is 11.4. The molecule has 0 amide bonds. The van der Waals surface area contributed by atoms with Crippen molar-refractivity contribution in [2.24, 2.45) is 5.73 Å². The zero-order chi connectivity index (χ0) is 13.6. The summed E-state index contributed by atoms with van der Waals surface area (Å²) in [6.45, 7) is 1.75. The number of rotatable bonds is 4. The summed E-state index contributed by atoms with van der Waals surface area (Å²) in [4.78, 5) is 0. The van der Waals surface area contributed by atoms with Gasteiger partial charge in [0.2, 0.25) is 0 Å². The highest BCUT2D eigenvalue weighted by Gasteiger charge is 2.67. The van der Waals surface area contributed by atoms with Crippen LogP contribution in [0.5, 0.6) is 0 Å². The predicted molar refractivity (Wildman–Crippen MR) is 71.2 cm³/mol. The number of sulfone groups is 1. The Morgan fingerprint density at radius 3 is 2.22 bits per heavy atom. The van der Waals surface area contributed by atoms with Gasteiger partial charge >= 0.3 is 0 Å². The van der Waals surface area contributed by atoms with Gasteiger partial charge in [-0.15, -0.1) is 0 Å². The number of hydrogen-bond acceptors (Lipinski definition) is 4. The Kier molecular flexibility index (Phi) is 3.25. The van der Waals surface area contributed by atoms with Gasteiger partial charge in [0.1, 0.15) is 0 Å². The van der Waals surface area contributed by atoms with Gasteiger partial charge in [-0.05, 0) is 17.5 Å². The molecule has 4 nitrogen and oxygen atoms in total. The quantitative estimate of drug-likeness (QED) is 0.831. The van der Waals surface area contributed by atoms with Gasteiger partial charge < -0.3 is 10.8 Å². The van der Waals surface area contributed by atoms with Crippen molar-refractivity contribution in [3.05, 3.63) is 35.4 Å². The fourth-order valence-corrected chi connectivity index (χ4v) is 4.55. The normalized spacial score (nSPS) is 31.3. The summed E-state index contributed by atoms with van der Waals surface area (Å²) >= 11 is 0. The van der Waals surface area contributed by atoms with E-state index in [4.69, 9.17) is 5.73 Å². The first kappa shape index (κ1) is 13.5. The first-order chi connectivity index (χ1) is 8.34. The number of hydrogen-bond donors (Lipinski definition) is 2. The highest BCUT2D eigenvalue weighted by Crippen LogP contribution is 2.53. The van der Waals surface area contributed by atoms with Gasteiger partial charge in [0.05, 0.1) is 17.4 Å². The molecule has 1 aromatic rings. The van der Waals surface area contributed by atoms with Crippen LogP contribution in [-0.2, 0) is 16.3 Å². The summed E-state index contributed by atoms with van der Waals surface area (Å²) in [5, 5.41) is 8.66. The molecule has 5 heteroatoms. The molecule has 0 aromatic heterocycles. The van der Waals surface area contributed by atoms with E-state index in [1.54, 1.807) is 0 Å². The van der Waals surface area contributed by atoms with Crippen molar-refractivity contribution in [3.8, 4) is 0 Å². The van der Waals surface area contributed by atoms with E-state index in [1.165, 1.54) is 11.8 Å². The van der Waals surface area contributed by atoms with Crippen LogP contribution >= 0.6 is 0 Å². The van der Waals surface area contributed by atoms with Crippen LogP contribution < -0.4 is 5.73 Å². The largest absolute Gasteiger partial charge is 0.394 e. The number of aliphatic hydroxyl groups is 1. The molecule has 1 aromatic carbocycles. The minimum atomic E-state index is -3.25. The molecule has 0 bridgehead atoms. The fraction of sp³-hybridized carbons (Fsp3) is 0.538. The van der Waals surface area contributed by atoms with E-state index in [0.717, 1.165) is 12.0 Å². The third-order valence-corrected chi connectivity index (χ3v) is 5.42. The minimum absolute atomic E-state index is 0.302. The first-order valence-electron chi connectivity index (χ1n) is 6.02. The molecule has 1 fully saturated rings. The standard InChI is InChI=1S/C13H19NO3S/c1-3-9-4-6-10(7-5-9)11-12(18(2,16)17)13(11,14)8-15/h4-7,11-12,15H,3,8,14H2,1-2H3/t11-,12-,13-/m1/s1. The highest BCUT2D eigenvalue weighted by atomic mass is 32.2. The van der Waals surface area contributed by atoms with Gasteiger partial charge in [0.15, 0.2) is 9.84 Å². The van der Waals surface area contributed by atoms with Gasteiger partial charge in [-0.25, -0.2) is 8.42 Å². The van der Waals surface area contributed by atoms with Crippen LogP contribution in [0, 0.1) is 0 Å². The van der Waals surface area contributed by atoms with E-state index in [0.29, 0.717) is 0 Å². The van der Waals surface area contributed by atoms with Crippen molar-refractivity contribution in [2.45, 2.75) is 30.1 Å². The molecule has 0 saturated heterocycles. The summed E-state index contributed by atoms with van der Waals surface area (Å²) in [5.41, 5.74) is 7.05. The van der Waals surface area contributed by atoms with Crippen molar-refractivity contribution < 1.29 is 13.5 Å². The number of aryl methyl sites for hydroxylation is 1. The molecule has 0 aliphatic heterocycles. The van der Waals surface area contributed by atoms with Gasteiger partial charge in [-0.2, -0.15) is 0 Å². The number of aliphatic hydroxyl groups excluding tert-OH is 1. The molecule has 3 N–H and O–H groups in total. The SMILES string of the molecule is CCc1ccc([C@@H]2[C@@H](S(C)(=O)=O)[C@@]2(N)CO)cc1. The van der Waals surface area contributed by atoms with E-state index in [-0.39, 0.29) is 12.5 Å². The lowest BCUT2D eigenvalue weighted by molar-refractivity contribution is 0.253. The smallest absolute Gasteiger partial charge is 0.152 e.